The SMILES string of the molecule is Cc1cccc(OCC(=O)Nc2nc3c(s2)COCC3)c1. The van der Waals surface area contributed by atoms with Crippen LogP contribution in [0, 0.1) is 6.92 Å². The third-order valence-electron chi connectivity index (χ3n) is 3.10. The van der Waals surface area contributed by atoms with Crippen LogP contribution in [0.15, 0.2) is 24.3 Å². The molecule has 3 rings (SSSR count). The summed E-state index contributed by atoms with van der Waals surface area (Å²) in [7, 11) is 0. The average Bonchev–Trinajstić information content (AvgIpc) is 2.87. The predicted octanol–water partition coefficient (Wildman–Crippen LogP) is 2.54. The number of rotatable bonds is 4. The Morgan fingerprint density at radius 1 is 1.52 bits per heavy atom. The van der Waals surface area contributed by atoms with E-state index >= 15 is 0 Å². The monoisotopic (exact) mass is 304 g/mol. The normalized spacial score (nSPS) is 13.6. The lowest BCUT2D eigenvalue weighted by Gasteiger charge is -2.08. The number of carbonyl (C=O) groups is 1. The van der Waals surface area contributed by atoms with Crippen LogP contribution in [0.1, 0.15) is 16.1 Å². The first kappa shape index (κ1) is 14.0. The van der Waals surface area contributed by atoms with Gasteiger partial charge in [-0.3, -0.25) is 10.1 Å². The van der Waals surface area contributed by atoms with E-state index in [1.807, 2.05) is 31.2 Å². The molecule has 0 radical (unpaired) electrons. The first-order chi connectivity index (χ1) is 10.2. The Labute approximate surface area is 126 Å². The molecular formula is C15H16N2O3S. The number of aromatic nitrogens is 1. The summed E-state index contributed by atoms with van der Waals surface area (Å²) in [5, 5.41) is 3.39. The molecule has 0 saturated carbocycles. The van der Waals surface area contributed by atoms with E-state index in [9.17, 15) is 4.79 Å². The van der Waals surface area contributed by atoms with Crippen LogP contribution >= 0.6 is 11.3 Å². The molecule has 1 N–H and O–H groups in total. The molecule has 0 fully saturated rings. The maximum Gasteiger partial charge on any atom is 0.264 e. The van der Waals surface area contributed by atoms with Crippen molar-refractivity contribution in [3.8, 4) is 5.75 Å². The minimum atomic E-state index is -0.205. The van der Waals surface area contributed by atoms with Gasteiger partial charge in [0.25, 0.3) is 5.91 Å². The Balaban J connectivity index is 1.55. The quantitative estimate of drug-likeness (QED) is 0.943. The highest BCUT2D eigenvalue weighted by Gasteiger charge is 2.16. The molecule has 1 aromatic carbocycles. The lowest BCUT2D eigenvalue weighted by molar-refractivity contribution is -0.118. The fraction of sp³-hybridized carbons (Fsp3) is 0.333. The topological polar surface area (TPSA) is 60.5 Å². The summed E-state index contributed by atoms with van der Waals surface area (Å²) >= 11 is 1.46. The highest BCUT2D eigenvalue weighted by atomic mass is 32.1. The lowest BCUT2D eigenvalue weighted by Crippen LogP contribution is -2.20. The van der Waals surface area contributed by atoms with Gasteiger partial charge in [-0.05, 0) is 24.6 Å². The van der Waals surface area contributed by atoms with Crippen molar-refractivity contribution in [3.05, 3.63) is 40.4 Å². The van der Waals surface area contributed by atoms with Crippen molar-refractivity contribution in [3.63, 3.8) is 0 Å². The van der Waals surface area contributed by atoms with E-state index in [2.05, 4.69) is 10.3 Å². The molecule has 5 nitrogen and oxygen atoms in total. The summed E-state index contributed by atoms with van der Waals surface area (Å²) < 4.78 is 10.8. The Morgan fingerprint density at radius 3 is 3.24 bits per heavy atom. The van der Waals surface area contributed by atoms with Gasteiger partial charge in [0, 0.05) is 6.42 Å². The molecule has 0 atom stereocenters. The van der Waals surface area contributed by atoms with Gasteiger partial charge in [-0.2, -0.15) is 0 Å². The molecule has 110 valence electrons. The minimum Gasteiger partial charge on any atom is -0.484 e. The van der Waals surface area contributed by atoms with Crippen LogP contribution in [0.25, 0.3) is 0 Å². The molecule has 0 unspecified atom stereocenters. The second-order valence-electron chi connectivity index (χ2n) is 4.84. The molecule has 1 aliphatic heterocycles. The van der Waals surface area contributed by atoms with Crippen LogP contribution in [0.2, 0.25) is 0 Å². The highest BCUT2D eigenvalue weighted by Crippen LogP contribution is 2.26. The molecule has 1 aliphatic rings. The van der Waals surface area contributed by atoms with Gasteiger partial charge in [0.15, 0.2) is 11.7 Å². The van der Waals surface area contributed by atoms with Gasteiger partial charge in [0.05, 0.1) is 23.8 Å². The molecule has 2 heterocycles. The van der Waals surface area contributed by atoms with Crippen molar-refractivity contribution in [2.75, 3.05) is 18.5 Å². The van der Waals surface area contributed by atoms with Crippen molar-refractivity contribution in [1.29, 1.82) is 0 Å². The second-order valence-corrected chi connectivity index (χ2v) is 5.93. The number of nitrogens with zero attached hydrogens (tertiary/aromatic N) is 1. The van der Waals surface area contributed by atoms with Gasteiger partial charge >= 0.3 is 0 Å². The van der Waals surface area contributed by atoms with Gasteiger partial charge in [-0.25, -0.2) is 4.98 Å². The van der Waals surface area contributed by atoms with Gasteiger partial charge in [-0.15, -0.1) is 0 Å². The molecule has 1 amide bonds. The van der Waals surface area contributed by atoms with Crippen LogP contribution in [0.5, 0.6) is 5.75 Å². The van der Waals surface area contributed by atoms with E-state index < -0.39 is 0 Å². The number of thiazole rings is 1. The predicted molar refractivity (Wildman–Crippen MR) is 80.8 cm³/mol. The molecule has 1 aromatic heterocycles. The average molecular weight is 304 g/mol. The zero-order chi connectivity index (χ0) is 14.7. The van der Waals surface area contributed by atoms with Gasteiger partial charge in [-0.1, -0.05) is 23.5 Å². The highest BCUT2D eigenvalue weighted by molar-refractivity contribution is 7.15. The molecule has 0 spiro atoms. The number of fused-ring (bicyclic) bond motifs is 1. The smallest absolute Gasteiger partial charge is 0.264 e. The zero-order valence-electron chi connectivity index (χ0n) is 11.7. The molecule has 0 aliphatic carbocycles. The van der Waals surface area contributed by atoms with E-state index in [1.165, 1.54) is 11.3 Å². The number of hydrogen-bond acceptors (Lipinski definition) is 5. The van der Waals surface area contributed by atoms with E-state index in [4.69, 9.17) is 9.47 Å². The van der Waals surface area contributed by atoms with E-state index in [-0.39, 0.29) is 12.5 Å². The van der Waals surface area contributed by atoms with Gasteiger partial charge in [0.2, 0.25) is 0 Å². The van der Waals surface area contributed by atoms with Crippen LogP contribution in [0.3, 0.4) is 0 Å². The van der Waals surface area contributed by atoms with Gasteiger partial charge < -0.3 is 9.47 Å². The fourth-order valence-corrected chi connectivity index (χ4v) is 3.05. The summed E-state index contributed by atoms with van der Waals surface area (Å²) in [6.07, 6.45) is 0.807. The Morgan fingerprint density at radius 2 is 2.43 bits per heavy atom. The molecule has 6 heteroatoms. The number of benzene rings is 1. The first-order valence-electron chi connectivity index (χ1n) is 6.76. The van der Waals surface area contributed by atoms with Crippen LogP contribution in [-0.2, 0) is 22.6 Å². The number of amides is 1. The summed E-state index contributed by atoms with van der Waals surface area (Å²) in [6, 6.07) is 7.61. The van der Waals surface area contributed by atoms with E-state index in [0.717, 1.165) is 22.6 Å². The van der Waals surface area contributed by atoms with Crippen LogP contribution in [-0.4, -0.2) is 24.1 Å². The first-order valence-corrected chi connectivity index (χ1v) is 7.58. The summed E-state index contributed by atoms with van der Waals surface area (Å²) in [6.45, 7) is 3.24. The lowest BCUT2D eigenvalue weighted by atomic mass is 10.2. The number of aryl methyl sites for hydroxylation is 1. The van der Waals surface area contributed by atoms with Crippen molar-refractivity contribution >= 4 is 22.4 Å². The van der Waals surface area contributed by atoms with E-state index in [1.54, 1.807) is 0 Å². The standard InChI is InChI=1S/C15H16N2O3S/c1-10-3-2-4-11(7-10)20-9-14(18)17-15-16-12-5-6-19-8-13(12)21-15/h2-4,7H,5-6,8-9H2,1H3,(H,16,17,18). The third kappa shape index (κ3) is 3.59. The van der Waals surface area contributed by atoms with Crippen molar-refractivity contribution in [1.82, 2.24) is 4.98 Å². The number of nitrogens with one attached hydrogen (secondary N) is 1. The number of ether oxygens (including phenoxy) is 2. The van der Waals surface area contributed by atoms with E-state index in [0.29, 0.717) is 24.1 Å². The summed E-state index contributed by atoms with van der Waals surface area (Å²) in [5.74, 6) is 0.487. The maximum absolute atomic E-state index is 11.9. The molecule has 0 bridgehead atoms. The minimum absolute atomic E-state index is 0.0236. The number of anilines is 1. The molecular weight excluding hydrogens is 288 g/mol. The third-order valence-corrected chi connectivity index (χ3v) is 4.09. The molecule has 2 aromatic rings. The summed E-state index contributed by atoms with van der Waals surface area (Å²) in [4.78, 5) is 17.4. The van der Waals surface area contributed by atoms with Crippen LogP contribution in [0.4, 0.5) is 5.13 Å². The van der Waals surface area contributed by atoms with Gasteiger partial charge in [0.1, 0.15) is 5.75 Å². The Bertz CT molecular complexity index is 631. The van der Waals surface area contributed by atoms with Crippen molar-refractivity contribution in [2.24, 2.45) is 0 Å². The number of hydrogen-bond donors (Lipinski definition) is 1. The number of carbonyl (C=O) groups excluding carboxylic acids is 1. The van der Waals surface area contributed by atoms with Crippen LogP contribution < -0.4 is 10.1 Å². The maximum atomic E-state index is 11.9. The second kappa shape index (κ2) is 6.24. The summed E-state index contributed by atoms with van der Waals surface area (Å²) in [5.41, 5.74) is 2.13. The Kier molecular flexibility index (Phi) is 4.17. The zero-order valence-corrected chi connectivity index (χ0v) is 12.5. The van der Waals surface area contributed by atoms with Crippen molar-refractivity contribution < 1.29 is 14.3 Å². The van der Waals surface area contributed by atoms with Crippen molar-refractivity contribution in [2.45, 2.75) is 20.0 Å². The largest absolute Gasteiger partial charge is 0.484 e. The molecule has 0 saturated heterocycles. The molecule has 21 heavy (non-hydrogen) atoms. The fourth-order valence-electron chi connectivity index (χ4n) is 2.09. The Hall–Kier alpha value is -1.92.